The zero-order chi connectivity index (χ0) is 15.2. The molecule has 1 aromatic rings. The van der Waals surface area contributed by atoms with Crippen molar-refractivity contribution in [2.75, 3.05) is 5.73 Å². The third-order valence-electron chi connectivity index (χ3n) is 3.79. The Balaban J connectivity index is 1.88. The zero-order valence-electron chi connectivity index (χ0n) is 12.3. The van der Waals surface area contributed by atoms with Crippen LogP contribution in [0.2, 0.25) is 0 Å². The van der Waals surface area contributed by atoms with E-state index >= 15 is 0 Å². The van der Waals surface area contributed by atoms with E-state index < -0.39 is 12.1 Å². The summed E-state index contributed by atoms with van der Waals surface area (Å²) >= 11 is 0. The maximum absolute atomic E-state index is 12.0. The van der Waals surface area contributed by atoms with Crippen LogP contribution in [0, 0.1) is 0 Å². The lowest BCUT2D eigenvalue weighted by Gasteiger charge is -2.24. The molecule has 3 N–H and O–H groups in total. The van der Waals surface area contributed by atoms with Gasteiger partial charge in [0.2, 0.25) is 0 Å². The van der Waals surface area contributed by atoms with Gasteiger partial charge in [0.15, 0.2) is 6.10 Å². The molecule has 1 unspecified atom stereocenters. The largest absolute Gasteiger partial charge is 0.449 e. The van der Waals surface area contributed by atoms with Crippen LogP contribution in [0.25, 0.3) is 0 Å². The van der Waals surface area contributed by atoms with E-state index in [1.165, 1.54) is 6.42 Å². The van der Waals surface area contributed by atoms with E-state index in [0.29, 0.717) is 5.69 Å². The molecule has 2 rings (SSSR count). The maximum Gasteiger partial charge on any atom is 0.341 e. The van der Waals surface area contributed by atoms with Crippen molar-refractivity contribution in [3.05, 3.63) is 29.8 Å². The topological polar surface area (TPSA) is 81.4 Å². The van der Waals surface area contributed by atoms with Gasteiger partial charge < -0.3 is 15.8 Å². The Morgan fingerprint density at radius 3 is 2.57 bits per heavy atom. The van der Waals surface area contributed by atoms with Crippen molar-refractivity contribution in [1.82, 2.24) is 5.32 Å². The number of amides is 1. The molecule has 0 spiro atoms. The van der Waals surface area contributed by atoms with Gasteiger partial charge in [-0.05, 0) is 31.9 Å². The van der Waals surface area contributed by atoms with E-state index in [1.807, 2.05) is 0 Å². The summed E-state index contributed by atoms with van der Waals surface area (Å²) in [5, 5.41) is 2.94. The van der Waals surface area contributed by atoms with Crippen LogP contribution in [0.3, 0.4) is 0 Å². The lowest BCUT2D eigenvalue weighted by molar-refractivity contribution is -0.130. The van der Waals surface area contributed by atoms with E-state index in [1.54, 1.807) is 31.2 Å². The monoisotopic (exact) mass is 290 g/mol. The molecule has 5 nitrogen and oxygen atoms in total. The van der Waals surface area contributed by atoms with Crippen LogP contribution in [-0.4, -0.2) is 24.0 Å². The summed E-state index contributed by atoms with van der Waals surface area (Å²) < 4.78 is 5.19. The SMILES string of the molecule is CC(OC(=O)c1ccccc1N)C(=O)NC1CCCCC1. The molecule has 5 heteroatoms. The number of hydrogen-bond acceptors (Lipinski definition) is 4. The first-order chi connectivity index (χ1) is 10.1. The number of nitrogens with two attached hydrogens (primary N) is 1. The zero-order valence-corrected chi connectivity index (χ0v) is 12.3. The smallest absolute Gasteiger partial charge is 0.341 e. The molecule has 0 radical (unpaired) electrons. The summed E-state index contributed by atoms with van der Waals surface area (Å²) in [6.07, 6.45) is 4.68. The Labute approximate surface area is 124 Å². The molecule has 1 saturated carbocycles. The first-order valence-electron chi connectivity index (χ1n) is 7.44. The second-order valence-electron chi connectivity index (χ2n) is 5.48. The fourth-order valence-corrected chi connectivity index (χ4v) is 2.53. The van der Waals surface area contributed by atoms with Gasteiger partial charge in [-0.25, -0.2) is 4.79 Å². The quantitative estimate of drug-likeness (QED) is 0.658. The number of anilines is 1. The van der Waals surface area contributed by atoms with Crippen molar-refractivity contribution in [2.24, 2.45) is 0 Å². The fourth-order valence-electron chi connectivity index (χ4n) is 2.53. The number of carbonyl (C=O) groups is 2. The van der Waals surface area contributed by atoms with Gasteiger partial charge in [0.1, 0.15) is 0 Å². The van der Waals surface area contributed by atoms with Crippen LogP contribution in [-0.2, 0) is 9.53 Å². The van der Waals surface area contributed by atoms with E-state index in [0.717, 1.165) is 25.7 Å². The van der Waals surface area contributed by atoms with E-state index in [9.17, 15) is 9.59 Å². The average Bonchev–Trinajstić information content (AvgIpc) is 2.48. The number of rotatable bonds is 4. The van der Waals surface area contributed by atoms with Crippen molar-refractivity contribution < 1.29 is 14.3 Å². The summed E-state index contributed by atoms with van der Waals surface area (Å²) in [7, 11) is 0. The van der Waals surface area contributed by atoms with Gasteiger partial charge in [0.05, 0.1) is 5.56 Å². The number of nitrogen functional groups attached to an aromatic ring is 1. The molecular formula is C16H22N2O3. The predicted octanol–water partition coefficient (Wildman–Crippen LogP) is 2.26. The Hall–Kier alpha value is -2.04. The summed E-state index contributed by atoms with van der Waals surface area (Å²) in [4.78, 5) is 24.0. The summed E-state index contributed by atoms with van der Waals surface area (Å²) in [5.41, 5.74) is 6.36. The first-order valence-corrected chi connectivity index (χ1v) is 7.44. The van der Waals surface area contributed by atoms with Gasteiger partial charge in [0, 0.05) is 11.7 Å². The Bertz CT molecular complexity index is 510. The summed E-state index contributed by atoms with van der Waals surface area (Å²) in [5.74, 6) is -0.816. The second-order valence-corrected chi connectivity index (χ2v) is 5.48. The molecule has 1 atom stereocenters. The first kappa shape index (κ1) is 15.4. The van der Waals surface area contributed by atoms with Crippen molar-refractivity contribution in [2.45, 2.75) is 51.2 Å². The van der Waals surface area contributed by atoms with Gasteiger partial charge in [-0.15, -0.1) is 0 Å². The molecule has 1 aliphatic carbocycles. The van der Waals surface area contributed by atoms with Crippen LogP contribution in [0.4, 0.5) is 5.69 Å². The van der Waals surface area contributed by atoms with Crippen molar-refractivity contribution >= 4 is 17.6 Å². The van der Waals surface area contributed by atoms with E-state index in [4.69, 9.17) is 10.5 Å². The molecule has 1 aromatic carbocycles. The molecule has 1 fully saturated rings. The van der Waals surface area contributed by atoms with Crippen LogP contribution in [0.5, 0.6) is 0 Å². The summed E-state index contributed by atoms with van der Waals surface area (Å²) in [6.45, 7) is 1.58. The molecule has 0 heterocycles. The van der Waals surface area contributed by atoms with E-state index in [-0.39, 0.29) is 17.5 Å². The Morgan fingerprint density at radius 1 is 1.24 bits per heavy atom. The van der Waals surface area contributed by atoms with Crippen LogP contribution in [0.15, 0.2) is 24.3 Å². The standard InChI is InChI=1S/C16H22N2O3/c1-11(15(19)18-12-7-3-2-4-8-12)21-16(20)13-9-5-6-10-14(13)17/h5-6,9-12H,2-4,7-8,17H2,1H3,(H,18,19). The molecule has 114 valence electrons. The minimum Gasteiger partial charge on any atom is -0.449 e. The molecule has 0 aromatic heterocycles. The second kappa shape index (κ2) is 7.11. The molecule has 1 amide bonds. The molecule has 0 aliphatic heterocycles. The van der Waals surface area contributed by atoms with Crippen molar-refractivity contribution in [3.8, 4) is 0 Å². The number of carbonyl (C=O) groups excluding carboxylic acids is 2. The summed E-state index contributed by atoms with van der Waals surface area (Å²) in [6, 6.07) is 6.87. The molecule has 0 bridgehead atoms. The molecule has 21 heavy (non-hydrogen) atoms. The normalized spacial score (nSPS) is 17.0. The van der Waals surface area contributed by atoms with Gasteiger partial charge >= 0.3 is 5.97 Å². The number of para-hydroxylation sites is 1. The van der Waals surface area contributed by atoms with Crippen molar-refractivity contribution in [3.63, 3.8) is 0 Å². The molecule has 1 aliphatic rings. The lowest BCUT2D eigenvalue weighted by atomic mass is 9.95. The van der Waals surface area contributed by atoms with E-state index in [2.05, 4.69) is 5.32 Å². The molecular weight excluding hydrogens is 268 g/mol. The predicted molar refractivity (Wildman–Crippen MR) is 80.7 cm³/mol. The van der Waals surface area contributed by atoms with Crippen LogP contribution >= 0.6 is 0 Å². The molecule has 0 saturated heterocycles. The lowest BCUT2D eigenvalue weighted by Crippen LogP contribution is -2.42. The number of hydrogen-bond donors (Lipinski definition) is 2. The highest BCUT2D eigenvalue weighted by Crippen LogP contribution is 2.18. The van der Waals surface area contributed by atoms with Crippen molar-refractivity contribution in [1.29, 1.82) is 0 Å². The third-order valence-corrected chi connectivity index (χ3v) is 3.79. The highest BCUT2D eigenvalue weighted by molar-refractivity contribution is 5.96. The number of nitrogens with one attached hydrogen (secondary N) is 1. The maximum atomic E-state index is 12.0. The fraction of sp³-hybridized carbons (Fsp3) is 0.500. The Kier molecular flexibility index (Phi) is 5.20. The average molecular weight is 290 g/mol. The van der Waals surface area contributed by atoms with Gasteiger partial charge in [-0.3, -0.25) is 4.79 Å². The van der Waals surface area contributed by atoms with Gasteiger partial charge in [-0.2, -0.15) is 0 Å². The number of ether oxygens (including phenoxy) is 1. The number of benzene rings is 1. The van der Waals surface area contributed by atoms with Crippen LogP contribution < -0.4 is 11.1 Å². The Morgan fingerprint density at radius 2 is 1.90 bits per heavy atom. The number of esters is 1. The minimum atomic E-state index is -0.820. The highest BCUT2D eigenvalue weighted by atomic mass is 16.5. The van der Waals surface area contributed by atoms with Gasteiger partial charge in [0.25, 0.3) is 5.91 Å². The van der Waals surface area contributed by atoms with Gasteiger partial charge in [-0.1, -0.05) is 31.4 Å². The van der Waals surface area contributed by atoms with Crippen LogP contribution in [0.1, 0.15) is 49.4 Å². The highest BCUT2D eigenvalue weighted by Gasteiger charge is 2.23. The minimum absolute atomic E-state index is 0.203. The third kappa shape index (κ3) is 4.21.